The molecule has 9 rings (SSSR count). The summed E-state index contributed by atoms with van der Waals surface area (Å²) >= 11 is 0. The first-order valence-electron chi connectivity index (χ1n) is 15.1. The fourth-order valence-electron chi connectivity index (χ4n) is 7.01. The summed E-state index contributed by atoms with van der Waals surface area (Å²) in [5, 5.41) is 12.9. The molecule has 0 fully saturated rings. The average Bonchev–Trinajstić information content (AvgIpc) is 3.11. The van der Waals surface area contributed by atoms with Crippen LogP contribution in [-0.2, 0) is 0 Å². The maximum Gasteiger partial charge on any atom is 0.0715 e. The van der Waals surface area contributed by atoms with Crippen LogP contribution in [0.3, 0.4) is 0 Å². The minimum Gasteiger partial charge on any atom is -0.248 e. The molecule has 0 saturated carbocycles. The Labute approximate surface area is 255 Å². The quantitative estimate of drug-likeness (QED) is 0.197. The number of fused-ring (bicyclic) bond motifs is 11. The summed E-state index contributed by atoms with van der Waals surface area (Å²) < 4.78 is 0. The summed E-state index contributed by atoms with van der Waals surface area (Å²) in [6, 6.07) is 59.1. The first kappa shape index (κ1) is 24.8. The largest absolute Gasteiger partial charge is 0.248 e. The van der Waals surface area contributed by atoms with E-state index in [1.54, 1.807) is 0 Å². The Morgan fingerprint density at radius 3 is 1.11 bits per heavy atom. The molecule has 0 aliphatic carbocycles. The molecule has 0 atom stereocenters. The molecular weight excluding hydrogens is 530 g/mol. The highest BCUT2D eigenvalue weighted by Gasteiger charge is 2.17. The molecule has 0 bridgehead atoms. The highest BCUT2D eigenvalue weighted by atomic mass is 14.7. The van der Waals surface area contributed by atoms with Crippen LogP contribution in [0.15, 0.2) is 164 Å². The van der Waals surface area contributed by atoms with E-state index < -0.39 is 0 Å². The molecule has 204 valence electrons. The molecule has 0 amide bonds. The Morgan fingerprint density at radius 2 is 0.636 bits per heavy atom. The molecule has 1 aromatic heterocycles. The van der Waals surface area contributed by atoms with Gasteiger partial charge in [0.2, 0.25) is 0 Å². The molecule has 0 aliphatic heterocycles. The number of hydrogen-bond donors (Lipinski definition) is 0. The van der Waals surface area contributed by atoms with Crippen molar-refractivity contribution in [2.24, 2.45) is 0 Å². The SMILES string of the molecule is c1ccc(-c2cc(-c3ccc4c5ccccc5c5c6ccccc6c6ccccc6c5c4c3)cc(-c3ccccc3)n2)cc1. The Bertz CT molecular complexity index is 2460. The van der Waals surface area contributed by atoms with E-state index in [2.05, 4.69) is 164 Å². The van der Waals surface area contributed by atoms with Crippen LogP contribution in [0.4, 0.5) is 0 Å². The Morgan fingerprint density at radius 1 is 0.250 bits per heavy atom. The highest BCUT2D eigenvalue weighted by molar-refractivity contribution is 6.39. The Hall–Kier alpha value is -5.79. The van der Waals surface area contributed by atoms with Gasteiger partial charge in [-0.05, 0) is 83.2 Å². The molecule has 9 aromatic rings. The number of rotatable bonds is 3. The molecule has 44 heavy (non-hydrogen) atoms. The lowest BCUT2D eigenvalue weighted by Crippen LogP contribution is -1.92. The minimum absolute atomic E-state index is 0.974. The van der Waals surface area contributed by atoms with Crippen molar-refractivity contribution in [2.75, 3.05) is 0 Å². The maximum absolute atomic E-state index is 5.13. The zero-order chi connectivity index (χ0) is 29.0. The normalized spacial score (nSPS) is 11.6. The lowest BCUT2D eigenvalue weighted by atomic mass is 9.86. The highest BCUT2D eigenvalue weighted by Crippen LogP contribution is 2.44. The van der Waals surface area contributed by atoms with Gasteiger partial charge in [-0.15, -0.1) is 0 Å². The Kier molecular flexibility index (Phi) is 5.57. The first-order valence-corrected chi connectivity index (χ1v) is 15.1. The number of pyridine rings is 1. The van der Waals surface area contributed by atoms with Crippen molar-refractivity contribution < 1.29 is 0 Å². The topological polar surface area (TPSA) is 12.9 Å². The van der Waals surface area contributed by atoms with Gasteiger partial charge < -0.3 is 0 Å². The third kappa shape index (κ3) is 3.83. The van der Waals surface area contributed by atoms with Crippen molar-refractivity contribution in [3.05, 3.63) is 164 Å². The van der Waals surface area contributed by atoms with Gasteiger partial charge in [0, 0.05) is 11.1 Å². The van der Waals surface area contributed by atoms with Crippen molar-refractivity contribution >= 4 is 53.9 Å². The smallest absolute Gasteiger partial charge is 0.0715 e. The van der Waals surface area contributed by atoms with Gasteiger partial charge in [0.1, 0.15) is 0 Å². The summed E-state index contributed by atoms with van der Waals surface area (Å²) in [5.41, 5.74) is 6.51. The molecule has 0 saturated heterocycles. The lowest BCUT2D eigenvalue weighted by Gasteiger charge is -2.17. The van der Waals surface area contributed by atoms with Crippen molar-refractivity contribution in [3.8, 4) is 33.6 Å². The summed E-state index contributed by atoms with van der Waals surface area (Å²) in [5.74, 6) is 0. The van der Waals surface area contributed by atoms with Gasteiger partial charge in [-0.1, -0.05) is 146 Å². The summed E-state index contributed by atoms with van der Waals surface area (Å²) in [6.45, 7) is 0. The van der Waals surface area contributed by atoms with E-state index in [0.29, 0.717) is 0 Å². The van der Waals surface area contributed by atoms with Gasteiger partial charge in [-0.3, -0.25) is 0 Å². The van der Waals surface area contributed by atoms with Gasteiger partial charge in [0.25, 0.3) is 0 Å². The minimum atomic E-state index is 0.974. The molecule has 1 nitrogen and oxygen atoms in total. The summed E-state index contributed by atoms with van der Waals surface area (Å²) in [4.78, 5) is 5.13. The standard InChI is InChI=1S/C43H27N/c1-3-13-28(14-4-1)40-26-31(27-41(44-40)29-15-5-2-6-16-29)30-23-24-35-34-19-9-11-21-37(34)42-36-20-10-7-17-32(36)33-18-8-12-22-38(33)43(42)39(35)25-30/h1-27H. The molecule has 0 N–H and O–H groups in total. The number of nitrogens with zero attached hydrogens (tertiary/aromatic N) is 1. The zero-order valence-corrected chi connectivity index (χ0v) is 24.0. The monoisotopic (exact) mass is 557 g/mol. The second-order valence-corrected chi connectivity index (χ2v) is 11.5. The van der Waals surface area contributed by atoms with Crippen LogP contribution in [0.25, 0.3) is 87.5 Å². The van der Waals surface area contributed by atoms with Crippen molar-refractivity contribution in [2.45, 2.75) is 0 Å². The molecular formula is C43H27N. The van der Waals surface area contributed by atoms with E-state index >= 15 is 0 Å². The lowest BCUT2D eigenvalue weighted by molar-refractivity contribution is 1.32. The fourth-order valence-corrected chi connectivity index (χ4v) is 7.01. The molecule has 8 aromatic carbocycles. The van der Waals surface area contributed by atoms with E-state index in [9.17, 15) is 0 Å². The van der Waals surface area contributed by atoms with Crippen LogP contribution in [0.1, 0.15) is 0 Å². The number of benzene rings is 8. The predicted molar refractivity (Wildman–Crippen MR) is 188 cm³/mol. The summed E-state index contributed by atoms with van der Waals surface area (Å²) in [7, 11) is 0. The van der Waals surface area contributed by atoms with Crippen LogP contribution in [0, 0.1) is 0 Å². The fraction of sp³-hybridized carbons (Fsp3) is 0. The summed E-state index contributed by atoms with van der Waals surface area (Å²) in [6.07, 6.45) is 0. The third-order valence-electron chi connectivity index (χ3n) is 9.01. The van der Waals surface area contributed by atoms with Gasteiger partial charge in [0.05, 0.1) is 11.4 Å². The van der Waals surface area contributed by atoms with Gasteiger partial charge in [0.15, 0.2) is 0 Å². The van der Waals surface area contributed by atoms with Crippen LogP contribution >= 0.6 is 0 Å². The second-order valence-electron chi connectivity index (χ2n) is 11.5. The zero-order valence-electron chi connectivity index (χ0n) is 24.0. The predicted octanol–water partition coefficient (Wildman–Crippen LogP) is 11.8. The van der Waals surface area contributed by atoms with Gasteiger partial charge in [-0.2, -0.15) is 0 Å². The van der Waals surface area contributed by atoms with Crippen molar-refractivity contribution in [1.29, 1.82) is 0 Å². The first-order chi connectivity index (χ1) is 21.8. The van der Waals surface area contributed by atoms with Crippen LogP contribution in [0.5, 0.6) is 0 Å². The molecule has 1 heteroatoms. The van der Waals surface area contributed by atoms with Crippen LogP contribution in [-0.4, -0.2) is 4.98 Å². The van der Waals surface area contributed by atoms with E-state index in [4.69, 9.17) is 4.98 Å². The number of aromatic nitrogens is 1. The third-order valence-corrected chi connectivity index (χ3v) is 9.01. The molecule has 0 radical (unpaired) electrons. The Balaban J connectivity index is 1.41. The molecule has 1 heterocycles. The van der Waals surface area contributed by atoms with Crippen molar-refractivity contribution in [1.82, 2.24) is 4.98 Å². The van der Waals surface area contributed by atoms with E-state index in [0.717, 1.165) is 28.1 Å². The maximum atomic E-state index is 5.13. The average molecular weight is 558 g/mol. The van der Waals surface area contributed by atoms with Crippen LogP contribution < -0.4 is 0 Å². The van der Waals surface area contributed by atoms with Crippen LogP contribution in [0.2, 0.25) is 0 Å². The number of hydrogen-bond acceptors (Lipinski definition) is 1. The molecule has 0 spiro atoms. The van der Waals surface area contributed by atoms with Crippen molar-refractivity contribution in [3.63, 3.8) is 0 Å². The second kappa shape index (κ2) is 9.90. The van der Waals surface area contributed by atoms with E-state index in [-0.39, 0.29) is 0 Å². The molecule has 0 unspecified atom stereocenters. The van der Waals surface area contributed by atoms with Gasteiger partial charge >= 0.3 is 0 Å². The van der Waals surface area contributed by atoms with E-state index in [1.807, 2.05) is 0 Å². The van der Waals surface area contributed by atoms with Gasteiger partial charge in [-0.25, -0.2) is 4.98 Å². The van der Waals surface area contributed by atoms with E-state index in [1.165, 1.54) is 59.4 Å². The molecule has 0 aliphatic rings.